The summed E-state index contributed by atoms with van der Waals surface area (Å²) in [6, 6.07) is 9.79. The van der Waals surface area contributed by atoms with Crippen LogP contribution >= 0.6 is 0 Å². The SMILES string of the molecule is CN1CC(N2CC(C(=O)Nc3nncn3-c3ccccc3)CC2=O)C1. The van der Waals surface area contributed by atoms with Crippen LogP contribution in [0.5, 0.6) is 0 Å². The lowest BCUT2D eigenvalue weighted by Gasteiger charge is -2.42. The third kappa shape index (κ3) is 3.00. The minimum atomic E-state index is -0.348. The summed E-state index contributed by atoms with van der Waals surface area (Å²) in [6.45, 7) is 2.23. The number of nitrogens with one attached hydrogen (secondary N) is 1. The Morgan fingerprint density at radius 3 is 2.68 bits per heavy atom. The van der Waals surface area contributed by atoms with E-state index < -0.39 is 0 Å². The van der Waals surface area contributed by atoms with Crippen molar-refractivity contribution in [3.8, 4) is 5.69 Å². The van der Waals surface area contributed by atoms with Gasteiger partial charge in [-0.1, -0.05) is 18.2 Å². The van der Waals surface area contributed by atoms with E-state index >= 15 is 0 Å². The van der Waals surface area contributed by atoms with Gasteiger partial charge >= 0.3 is 0 Å². The number of nitrogens with zero attached hydrogens (tertiary/aromatic N) is 5. The molecule has 2 amide bonds. The molecule has 2 aliphatic heterocycles. The van der Waals surface area contributed by atoms with E-state index in [9.17, 15) is 9.59 Å². The summed E-state index contributed by atoms with van der Waals surface area (Å²) in [5.41, 5.74) is 0.865. The van der Waals surface area contributed by atoms with E-state index in [4.69, 9.17) is 0 Å². The number of likely N-dealkylation sites (N-methyl/N-ethyl adjacent to an activating group) is 1. The summed E-state index contributed by atoms with van der Waals surface area (Å²) >= 11 is 0. The summed E-state index contributed by atoms with van der Waals surface area (Å²) in [6.07, 6.45) is 1.81. The predicted molar refractivity (Wildman–Crippen MR) is 91.1 cm³/mol. The lowest BCUT2D eigenvalue weighted by atomic mass is 10.1. The average molecular weight is 340 g/mol. The van der Waals surface area contributed by atoms with Crippen molar-refractivity contribution < 1.29 is 9.59 Å². The van der Waals surface area contributed by atoms with E-state index in [1.165, 1.54) is 0 Å². The monoisotopic (exact) mass is 340 g/mol. The molecule has 1 unspecified atom stereocenters. The number of benzene rings is 1. The molecule has 2 aliphatic rings. The number of likely N-dealkylation sites (tertiary alicyclic amines) is 2. The van der Waals surface area contributed by atoms with Crippen LogP contribution in [-0.2, 0) is 9.59 Å². The zero-order chi connectivity index (χ0) is 17.4. The Morgan fingerprint density at radius 1 is 1.20 bits per heavy atom. The van der Waals surface area contributed by atoms with Crippen molar-refractivity contribution in [3.63, 3.8) is 0 Å². The lowest BCUT2D eigenvalue weighted by Crippen LogP contribution is -2.58. The summed E-state index contributed by atoms with van der Waals surface area (Å²) in [7, 11) is 2.03. The standard InChI is InChI=1S/C17H20N6O2/c1-21-9-14(10-21)22-8-12(7-15(22)24)16(25)19-17-20-18-11-23(17)13-5-3-2-4-6-13/h2-6,11-12,14H,7-10H2,1H3,(H,19,20,25). The minimum absolute atomic E-state index is 0.0581. The van der Waals surface area contributed by atoms with Gasteiger partial charge in [-0.3, -0.25) is 19.5 Å². The second-order valence-electron chi connectivity index (χ2n) is 6.67. The number of hydrogen-bond donors (Lipinski definition) is 1. The zero-order valence-corrected chi connectivity index (χ0v) is 14.0. The van der Waals surface area contributed by atoms with Crippen molar-refractivity contribution in [2.75, 3.05) is 32.0 Å². The molecule has 0 aliphatic carbocycles. The van der Waals surface area contributed by atoms with Gasteiger partial charge in [-0.15, -0.1) is 10.2 Å². The van der Waals surface area contributed by atoms with E-state index in [-0.39, 0.29) is 30.2 Å². The van der Waals surface area contributed by atoms with E-state index in [1.54, 1.807) is 10.9 Å². The van der Waals surface area contributed by atoms with Crippen molar-refractivity contribution in [3.05, 3.63) is 36.7 Å². The van der Waals surface area contributed by atoms with Crippen LogP contribution in [0.4, 0.5) is 5.95 Å². The molecule has 2 fully saturated rings. The summed E-state index contributed by atoms with van der Waals surface area (Å²) in [5, 5.41) is 10.7. The van der Waals surface area contributed by atoms with E-state index in [1.807, 2.05) is 42.3 Å². The quantitative estimate of drug-likeness (QED) is 0.869. The molecule has 0 spiro atoms. The molecule has 25 heavy (non-hydrogen) atoms. The van der Waals surface area contributed by atoms with Crippen LogP contribution in [0, 0.1) is 5.92 Å². The first-order valence-electron chi connectivity index (χ1n) is 8.36. The Hall–Kier alpha value is -2.74. The molecule has 8 nitrogen and oxygen atoms in total. The van der Waals surface area contributed by atoms with Gasteiger partial charge < -0.3 is 9.80 Å². The molecule has 2 aromatic rings. The molecule has 1 atom stereocenters. The average Bonchev–Trinajstić information content (AvgIpc) is 3.19. The number of rotatable bonds is 4. The van der Waals surface area contributed by atoms with E-state index in [0.29, 0.717) is 12.5 Å². The molecule has 1 aromatic heterocycles. The molecule has 2 saturated heterocycles. The zero-order valence-electron chi connectivity index (χ0n) is 14.0. The summed E-state index contributed by atoms with van der Waals surface area (Å²) in [4.78, 5) is 28.8. The molecule has 0 saturated carbocycles. The van der Waals surface area contributed by atoms with Gasteiger partial charge in [0, 0.05) is 26.1 Å². The Labute approximate surface area is 145 Å². The molecular formula is C17H20N6O2. The third-order valence-electron chi connectivity index (χ3n) is 4.83. The molecule has 3 heterocycles. The molecule has 0 bridgehead atoms. The first kappa shape index (κ1) is 15.8. The second-order valence-corrected chi connectivity index (χ2v) is 6.67. The Kier molecular flexibility index (Phi) is 3.96. The van der Waals surface area contributed by atoms with Crippen LogP contribution in [0.15, 0.2) is 36.7 Å². The number of hydrogen-bond acceptors (Lipinski definition) is 5. The molecule has 1 aromatic carbocycles. The third-order valence-corrected chi connectivity index (χ3v) is 4.83. The lowest BCUT2D eigenvalue weighted by molar-refractivity contribution is -0.132. The molecule has 0 radical (unpaired) electrons. The number of aromatic nitrogens is 3. The predicted octanol–water partition coefficient (Wildman–Crippen LogP) is 0.368. The maximum absolute atomic E-state index is 12.6. The first-order valence-corrected chi connectivity index (χ1v) is 8.36. The van der Waals surface area contributed by atoms with Gasteiger partial charge in [-0.2, -0.15) is 0 Å². The fourth-order valence-electron chi connectivity index (χ4n) is 3.43. The first-order chi connectivity index (χ1) is 12.1. The molecule has 8 heteroatoms. The van der Waals surface area contributed by atoms with Gasteiger partial charge in [0.05, 0.1) is 17.6 Å². The van der Waals surface area contributed by atoms with Gasteiger partial charge in [-0.25, -0.2) is 0 Å². The highest BCUT2D eigenvalue weighted by Crippen LogP contribution is 2.25. The van der Waals surface area contributed by atoms with Crippen LogP contribution in [0.3, 0.4) is 0 Å². The highest BCUT2D eigenvalue weighted by Gasteiger charge is 2.41. The van der Waals surface area contributed by atoms with Crippen molar-refractivity contribution in [2.45, 2.75) is 12.5 Å². The van der Waals surface area contributed by atoms with Crippen LogP contribution in [0.25, 0.3) is 5.69 Å². The van der Waals surface area contributed by atoms with Crippen LogP contribution in [0.1, 0.15) is 6.42 Å². The fraction of sp³-hybridized carbons (Fsp3) is 0.412. The molecular weight excluding hydrogens is 320 g/mol. The van der Waals surface area contributed by atoms with Gasteiger partial charge in [0.1, 0.15) is 6.33 Å². The number of amides is 2. The second kappa shape index (κ2) is 6.29. The van der Waals surface area contributed by atoms with E-state index in [2.05, 4.69) is 20.4 Å². The molecule has 1 N–H and O–H groups in total. The summed E-state index contributed by atoms with van der Waals surface area (Å²) in [5.74, 6) is -0.110. The Bertz CT molecular complexity index is 783. The minimum Gasteiger partial charge on any atom is -0.336 e. The van der Waals surface area contributed by atoms with Crippen molar-refractivity contribution in [1.82, 2.24) is 24.6 Å². The number of carbonyl (C=O) groups excluding carboxylic acids is 2. The largest absolute Gasteiger partial charge is 0.336 e. The number of anilines is 1. The topological polar surface area (TPSA) is 83.4 Å². The van der Waals surface area contributed by atoms with Gasteiger partial charge in [-0.05, 0) is 19.2 Å². The number of carbonyl (C=O) groups is 2. The van der Waals surface area contributed by atoms with Gasteiger partial charge in [0.25, 0.3) is 0 Å². The fourth-order valence-corrected chi connectivity index (χ4v) is 3.43. The van der Waals surface area contributed by atoms with E-state index in [0.717, 1.165) is 18.8 Å². The highest BCUT2D eigenvalue weighted by atomic mass is 16.2. The number of para-hydroxylation sites is 1. The van der Waals surface area contributed by atoms with Crippen molar-refractivity contribution >= 4 is 17.8 Å². The van der Waals surface area contributed by atoms with Crippen molar-refractivity contribution in [2.24, 2.45) is 5.92 Å². The molecule has 130 valence electrons. The summed E-state index contributed by atoms with van der Waals surface area (Å²) < 4.78 is 1.72. The normalized spacial score (nSPS) is 21.4. The van der Waals surface area contributed by atoms with Gasteiger partial charge in [0.15, 0.2) is 0 Å². The van der Waals surface area contributed by atoms with Crippen molar-refractivity contribution in [1.29, 1.82) is 0 Å². The van der Waals surface area contributed by atoms with Crippen LogP contribution in [-0.4, -0.2) is 69.1 Å². The van der Waals surface area contributed by atoms with Gasteiger partial charge in [0.2, 0.25) is 17.8 Å². The van der Waals surface area contributed by atoms with Crippen LogP contribution < -0.4 is 5.32 Å². The Balaban J connectivity index is 1.43. The smallest absolute Gasteiger partial charge is 0.235 e. The maximum atomic E-state index is 12.6. The maximum Gasteiger partial charge on any atom is 0.235 e. The highest BCUT2D eigenvalue weighted by molar-refractivity contribution is 5.96. The Morgan fingerprint density at radius 2 is 1.96 bits per heavy atom. The van der Waals surface area contributed by atoms with Crippen LogP contribution in [0.2, 0.25) is 0 Å². The molecule has 4 rings (SSSR count).